The lowest BCUT2D eigenvalue weighted by Crippen LogP contribution is -2.00. The molecule has 0 atom stereocenters. The van der Waals surface area contributed by atoms with Gasteiger partial charge in [-0.05, 0) is 63.0 Å². The molecule has 0 fully saturated rings. The number of hydrogen-bond acceptors (Lipinski definition) is 4. The Morgan fingerprint density at radius 1 is 0.283 bits per heavy atom. The molecular formula is C49H31N3O. The van der Waals surface area contributed by atoms with Gasteiger partial charge in [0.25, 0.3) is 0 Å². The number of nitrogens with zero attached hydrogens (tertiary/aromatic N) is 3. The van der Waals surface area contributed by atoms with Crippen molar-refractivity contribution in [3.63, 3.8) is 0 Å². The van der Waals surface area contributed by atoms with E-state index < -0.39 is 0 Å². The molecule has 0 aliphatic rings. The molecule has 0 spiro atoms. The fourth-order valence-corrected chi connectivity index (χ4v) is 7.36. The van der Waals surface area contributed by atoms with Gasteiger partial charge in [0.05, 0.1) is 0 Å². The molecule has 0 aliphatic carbocycles. The van der Waals surface area contributed by atoms with Crippen LogP contribution >= 0.6 is 0 Å². The number of furan rings is 1. The van der Waals surface area contributed by atoms with E-state index in [-0.39, 0.29) is 0 Å². The van der Waals surface area contributed by atoms with Crippen LogP contribution in [0.1, 0.15) is 0 Å². The molecule has 4 heteroatoms. The highest BCUT2D eigenvalue weighted by atomic mass is 16.3. The molecule has 2 heterocycles. The first-order chi connectivity index (χ1) is 26.3. The van der Waals surface area contributed by atoms with Crippen LogP contribution in [0.5, 0.6) is 0 Å². The van der Waals surface area contributed by atoms with Crippen molar-refractivity contribution in [2.24, 2.45) is 0 Å². The minimum absolute atomic E-state index is 0.627. The highest BCUT2D eigenvalue weighted by molar-refractivity contribution is 6.20. The monoisotopic (exact) mass is 677 g/mol. The standard InChI is InChI=1S/C49H31N3O/c1-4-15-32(16-5-1)38-23-10-11-24-39(38)42-31-44-43-30-36(27-28-45(43)53-46(44)41-26-13-12-25-40(41)42)35-21-14-22-37(29-35)49-51-47(33-17-6-2-7-18-33)50-48(52-49)34-19-8-3-9-20-34/h1-31H. The van der Waals surface area contributed by atoms with Gasteiger partial charge in [0, 0.05) is 32.8 Å². The fraction of sp³-hybridized carbons (Fsp3) is 0. The van der Waals surface area contributed by atoms with Crippen molar-refractivity contribution in [1.82, 2.24) is 15.0 Å². The Morgan fingerprint density at radius 3 is 1.47 bits per heavy atom. The molecule has 10 aromatic rings. The zero-order chi connectivity index (χ0) is 35.1. The van der Waals surface area contributed by atoms with Gasteiger partial charge in [-0.2, -0.15) is 0 Å². The number of hydrogen-bond donors (Lipinski definition) is 0. The van der Waals surface area contributed by atoms with Gasteiger partial charge in [0.1, 0.15) is 11.2 Å². The first-order valence-electron chi connectivity index (χ1n) is 17.8. The van der Waals surface area contributed by atoms with Gasteiger partial charge in [-0.1, -0.05) is 164 Å². The van der Waals surface area contributed by atoms with E-state index in [0.29, 0.717) is 17.5 Å². The molecule has 0 saturated heterocycles. The topological polar surface area (TPSA) is 51.8 Å². The summed E-state index contributed by atoms with van der Waals surface area (Å²) in [6, 6.07) is 65.2. The summed E-state index contributed by atoms with van der Waals surface area (Å²) < 4.78 is 6.64. The van der Waals surface area contributed by atoms with Crippen LogP contribution in [-0.4, -0.2) is 15.0 Å². The first kappa shape index (κ1) is 30.6. The molecule has 0 N–H and O–H groups in total. The molecule has 10 rings (SSSR count). The normalized spacial score (nSPS) is 11.4. The lowest BCUT2D eigenvalue weighted by molar-refractivity contribution is 0.673. The van der Waals surface area contributed by atoms with Crippen molar-refractivity contribution >= 4 is 32.7 Å². The largest absolute Gasteiger partial charge is 0.455 e. The van der Waals surface area contributed by atoms with Crippen LogP contribution in [0.3, 0.4) is 0 Å². The second-order valence-corrected chi connectivity index (χ2v) is 13.2. The first-order valence-corrected chi connectivity index (χ1v) is 17.8. The Bertz CT molecular complexity index is 2880. The number of aromatic nitrogens is 3. The van der Waals surface area contributed by atoms with E-state index in [9.17, 15) is 0 Å². The summed E-state index contributed by atoms with van der Waals surface area (Å²) in [6.45, 7) is 0. The van der Waals surface area contributed by atoms with Crippen molar-refractivity contribution in [2.45, 2.75) is 0 Å². The van der Waals surface area contributed by atoms with Gasteiger partial charge in [-0.15, -0.1) is 0 Å². The van der Waals surface area contributed by atoms with E-state index >= 15 is 0 Å². The van der Waals surface area contributed by atoms with Crippen LogP contribution in [-0.2, 0) is 0 Å². The summed E-state index contributed by atoms with van der Waals surface area (Å²) in [7, 11) is 0. The third-order valence-electron chi connectivity index (χ3n) is 9.93. The van der Waals surface area contributed by atoms with E-state index in [1.807, 2.05) is 60.7 Å². The molecular weight excluding hydrogens is 647 g/mol. The van der Waals surface area contributed by atoms with Gasteiger partial charge < -0.3 is 4.42 Å². The van der Waals surface area contributed by atoms with Crippen LogP contribution in [0.2, 0.25) is 0 Å². The lowest BCUT2D eigenvalue weighted by Gasteiger charge is -2.13. The van der Waals surface area contributed by atoms with Crippen molar-refractivity contribution in [1.29, 1.82) is 0 Å². The Balaban J connectivity index is 1.12. The molecule has 0 unspecified atom stereocenters. The predicted octanol–water partition coefficient (Wildman–Crippen LogP) is 12.9. The van der Waals surface area contributed by atoms with Crippen LogP contribution in [0, 0.1) is 0 Å². The van der Waals surface area contributed by atoms with E-state index in [2.05, 4.69) is 127 Å². The van der Waals surface area contributed by atoms with E-state index in [4.69, 9.17) is 19.4 Å². The van der Waals surface area contributed by atoms with Crippen LogP contribution < -0.4 is 0 Å². The molecule has 0 saturated carbocycles. The van der Waals surface area contributed by atoms with Crippen LogP contribution in [0.25, 0.3) is 100 Å². The average molecular weight is 678 g/mol. The Kier molecular flexibility index (Phi) is 7.43. The van der Waals surface area contributed by atoms with Gasteiger partial charge in [-0.3, -0.25) is 0 Å². The highest BCUT2D eigenvalue weighted by Crippen LogP contribution is 2.43. The maximum Gasteiger partial charge on any atom is 0.164 e. The smallest absolute Gasteiger partial charge is 0.164 e. The molecule has 0 radical (unpaired) electrons. The minimum Gasteiger partial charge on any atom is -0.455 e. The van der Waals surface area contributed by atoms with Gasteiger partial charge >= 0.3 is 0 Å². The summed E-state index contributed by atoms with van der Waals surface area (Å²) in [5.41, 5.74) is 11.5. The predicted molar refractivity (Wildman–Crippen MR) is 217 cm³/mol. The van der Waals surface area contributed by atoms with Crippen molar-refractivity contribution in [3.8, 4) is 67.5 Å². The lowest BCUT2D eigenvalue weighted by atomic mass is 9.90. The van der Waals surface area contributed by atoms with Gasteiger partial charge in [0.2, 0.25) is 0 Å². The second kappa shape index (κ2) is 12.9. The van der Waals surface area contributed by atoms with Crippen molar-refractivity contribution < 1.29 is 4.42 Å². The Hall–Kier alpha value is -7.17. The van der Waals surface area contributed by atoms with Crippen LogP contribution in [0.4, 0.5) is 0 Å². The number of rotatable bonds is 6. The van der Waals surface area contributed by atoms with E-state index in [1.165, 1.54) is 22.3 Å². The highest BCUT2D eigenvalue weighted by Gasteiger charge is 2.18. The second-order valence-electron chi connectivity index (χ2n) is 13.2. The molecule has 2 aromatic heterocycles. The molecule has 4 nitrogen and oxygen atoms in total. The zero-order valence-corrected chi connectivity index (χ0v) is 28.6. The quantitative estimate of drug-likeness (QED) is 0.176. The van der Waals surface area contributed by atoms with Gasteiger partial charge in [-0.25, -0.2) is 15.0 Å². The third-order valence-corrected chi connectivity index (χ3v) is 9.93. The van der Waals surface area contributed by atoms with Crippen molar-refractivity contribution in [2.75, 3.05) is 0 Å². The van der Waals surface area contributed by atoms with Crippen molar-refractivity contribution in [3.05, 3.63) is 188 Å². The average Bonchev–Trinajstić information content (AvgIpc) is 3.62. The molecule has 0 aliphatic heterocycles. The number of fused-ring (bicyclic) bond motifs is 5. The summed E-state index contributed by atoms with van der Waals surface area (Å²) in [5.74, 6) is 1.91. The third kappa shape index (κ3) is 5.54. The maximum absolute atomic E-state index is 6.64. The Morgan fingerprint density at radius 2 is 0.792 bits per heavy atom. The molecule has 8 aromatic carbocycles. The molecule has 53 heavy (non-hydrogen) atoms. The Labute approximate surface area is 306 Å². The summed E-state index contributed by atoms with van der Waals surface area (Å²) in [6.07, 6.45) is 0. The number of benzene rings is 8. The maximum atomic E-state index is 6.64. The molecule has 248 valence electrons. The summed E-state index contributed by atoms with van der Waals surface area (Å²) in [4.78, 5) is 14.8. The molecule has 0 bridgehead atoms. The van der Waals surface area contributed by atoms with Crippen LogP contribution in [0.15, 0.2) is 192 Å². The van der Waals surface area contributed by atoms with E-state index in [0.717, 1.165) is 60.5 Å². The zero-order valence-electron chi connectivity index (χ0n) is 28.6. The minimum atomic E-state index is 0.627. The SMILES string of the molecule is c1ccc(-c2nc(-c3ccccc3)nc(-c3cccc(-c4ccc5oc6c7ccccc7c(-c7ccccc7-c7ccccc7)cc6c5c4)c3)n2)cc1. The molecule has 0 amide bonds. The van der Waals surface area contributed by atoms with Gasteiger partial charge in [0.15, 0.2) is 17.5 Å². The van der Waals surface area contributed by atoms with E-state index in [1.54, 1.807) is 0 Å². The summed E-state index contributed by atoms with van der Waals surface area (Å²) in [5, 5.41) is 4.43. The summed E-state index contributed by atoms with van der Waals surface area (Å²) >= 11 is 0. The fourth-order valence-electron chi connectivity index (χ4n) is 7.36.